The molecule has 1 heterocycles. The van der Waals surface area contributed by atoms with Crippen molar-refractivity contribution in [3.63, 3.8) is 0 Å². The topological polar surface area (TPSA) is 66.5 Å². The first-order valence-electron chi connectivity index (χ1n) is 8.86. The van der Waals surface area contributed by atoms with E-state index in [1.54, 1.807) is 36.4 Å². The second-order valence-corrected chi connectivity index (χ2v) is 8.32. The van der Waals surface area contributed by atoms with E-state index in [1.165, 1.54) is 40.7 Å². The summed E-state index contributed by atoms with van der Waals surface area (Å²) in [5.41, 5.74) is 1.96. The molecule has 3 aromatic rings. The van der Waals surface area contributed by atoms with E-state index in [2.05, 4.69) is 11.9 Å². The van der Waals surface area contributed by atoms with Gasteiger partial charge in [0.25, 0.3) is 15.9 Å². The van der Waals surface area contributed by atoms with Crippen LogP contribution in [0.4, 0.5) is 15.8 Å². The van der Waals surface area contributed by atoms with Crippen molar-refractivity contribution in [2.45, 2.75) is 4.90 Å². The molecule has 0 radical (unpaired) electrons. The molecule has 0 unspecified atom stereocenters. The summed E-state index contributed by atoms with van der Waals surface area (Å²) >= 11 is 0. The van der Waals surface area contributed by atoms with E-state index in [0.29, 0.717) is 22.4 Å². The van der Waals surface area contributed by atoms with E-state index in [0.717, 1.165) is 0 Å². The number of halogens is 1. The summed E-state index contributed by atoms with van der Waals surface area (Å²) in [6, 6.07) is 17.3. The van der Waals surface area contributed by atoms with E-state index in [-0.39, 0.29) is 17.1 Å². The van der Waals surface area contributed by atoms with Gasteiger partial charge >= 0.3 is 0 Å². The molecule has 3 aromatic carbocycles. The predicted octanol–water partition coefficient (Wildman–Crippen LogP) is 4.44. The fraction of sp³-hybridized carbons (Fsp3) is 0.0455. The molecule has 0 saturated carbocycles. The minimum Gasteiger partial charge on any atom is -0.319 e. The maximum atomic E-state index is 13.9. The summed E-state index contributed by atoms with van der Waals surface area (Å²) < 4.78 is 41.1. The van der Waals surface area contributed by atoms with Crippen LogP contribution >= 0.6 is 0 Å². The third-order valence-corrected chi connectivity index (χ3v) is 6.53. The van der Waals surface area contributed by atoms with Gasteiger partial charge in [0, 0.05) is 16.7 Å². The number of rotatable bonds is 4. The lowest BCUT2D eigenvalue weighted by Gasteiger charge is -2.31. The zero-order valence-corrected chi connectivity index (χ0v) is 16.1. The van der Waals surface area contributed by atoms with E-state index in [9.17, 15) is 17.6 Å². The summed E-state index contributed by atoms with van der Waals surface area (Å²) in [4.78, 5) is 12.8. The van der Waals surface area contributed by atoms with Crippen LogP contribution in [0.5, 0.6) is 0 Å². The van der Waals surface area contributed by atoms with Crippen LogP contribution in [0, 0.1) is 5.82 Å². The van der Waals surface area contributed by atoms with Gasteiger partial charge < -0.3 is 5.32 Å². The summed E-state index contributed by atoms with van der Waals surface area (Å²) in [5.74, 6) is -1.02. The third kappa shape index (κ3) is 3.19. The Morgan fingerprint density at radius 2 is 1.76 bits per heavy atom. The van der Waals surface area contributed by atoms with Crippen molar-refractivity contribution in [2.24, 2.45) is 0 Å². The standard InChI is InChI=1S/C22H17FN2O3S/c1-2-13-25-20-12-11-15(22(26)24-19-9-5-4-8-18(19)23)14-17(20)16-7-3-6-10-21(16)29(25,27)28/h2-12,14H,1,13H2,(H,24,26). The van der Waals surface area contributed by atoms with Crippen LogP contribution in [0.1, 0.15) is 10.4 Å². The molecule has 1 aliphatic rings. The van der Waals surface area contributed by atoms with Crippen LogP contribution in [0.2, 0.25) is 0 Å². The molecule has 0 bridgehead atoms. The monoisotopic (exact) mass is 408 g/mol. The Balaban J connectivity index is 1.81. The number of amides is 1. The fourth-order valence-electron chi connectivity index (χ4n) is 3.34. The Kier molecular flexibility index (Phi) is 4.68. The highest BCUT2D eigenvalue weighted by Gasteiger charge is 2.34. The summed E-state index contributed by atoms with van der Waals surface area (Å²) in [6.45, 7) is 3.75. The molecule has 7 heteroatoms. The molecule has 0 atom stereocenters. The molecule has 146 valence electrons. The summed E-state index contributed by atoms with van der Waals surface area (Å²) in [5, 5.41) is 2.55. The van der Waals surface area contributed by atoms with E-state index in [1.807, 2.05) is 0 Å². The van der Waals surface area contributed by atoms with Crippen LogP contribution < -0.4 is 9.62 Å². The van der Waals surface area contributed by atoms with Gasteiger partial charge in [-0.25, -0.2) is 12.8 Å². The summed E-state index contributed by atoms with van der Waals surface area (Å²) in [6.07, 6.45) is 1.51. The molecular weight excluding hydrogens is 391 g/mol. The molecule has 1 N–H and O–H groups in total. The Morgan fingerprint density at radius 1 is 1.03 bits per heavy atom. The van der Waals surface area contributed by atoms with Gasteiger partial charge in [-0.15, -0.1) is 6.58 Å². The number of nitrogens with zero attached hydrogens (tertiary/aromatic N) is 1. The minimum atomic E-state index is -3.73. The van der Waals surface area contributed by atoms with Crippen molar-refractivity contribution >= 4 is 27.3 Å². The van der Waals surface area contributed by atoms with Gasteiger partial charge in [-0.3, -0.25) is 9.10 Å². The molecule has 1 aliphatic heterocycles. The molecule has 4 rings (SSSR count). The number of nitrogens with one attached hydrogen (secondary N) is 1. The Bertz CT molecular complexity index is 1240. The van der Waals surface area contributed by atoms with E-state index in [4.69, 9.17) is 0 Å². The lowest BCUT2D eigenvalue weighted by atomic mass is 10.00. The lowest BCUT2D eigenvalue weighted by molar-refractivity contribution is 0.102. The average Bonchev–Trinajstić information content (AvgIpc) is 2.72. The van der Waals surface area contributed by atoms with Gasteiger partial charge in [0.15, 0.2) is 0 Å². The first-order valence-corrected chi connectivity index (χ1v) is 10.3. The second kappa shape index (κ2) is 7.18. The van der Waals surface area contributed by atoms with Gasteiger partial charge in [0.05, 0.1) is 22.8 Å². The number of fused-ring (bicyclic) bond motifs is 3. The number of sulfonamides is 1. The highest BCUT2D eigenvalue weighted by molar-refractivity contribution is 7.93. The number of para-hydroxylation sites is 1. The maximum absolute atomic E-state index is 13.9. The Labute approximate surface area is 168 Å². The smallest absolute Gasteiger partial charge is 0.265 e. The number of carbonyl (C=O) groups is 1. The minimum absolute atomic E-state index is 0.0754. The number of carbonyl (C=O) groups excluding carboxylic acids is 1. The van der Waals surface area contributed by atoms with Crippen LogP contribution in [-0.2, 0) is 10.0 Å². The van der Waals surface area contributed by atoms with Gasteiger partial charge in [-0.2, -0.15) is 0 Å². The van der Waals surface area contributed by atoms with Crippen LogP contribution in [-0.4, -0.2) is 20.9 Å². The van der Waals surface area contributed by atoms with Crippen molar-refractivity contribution in [3.05, 3.63) is 90.8 Å². The Hall–Kier alpha value is -3.45. The fourth-order valence-corrected chi connectivity index (χ4v) is 5.01. The Morgan fingerprint density at radius 3 is 2.52 bits per heavy atom. The van der Waals surface area contributed by atoms with E-state index >= 15 is 0 Å². The van der Waals surface area contributed by atoms with Gasteiger partial charge in [-0.1, -0.05) is 36.4 Å². The summed E-state index contributed by atoms with van der Waals surface area (Å²) in [7, 11) is -3.73. The lowest BCUT2D eigenvalue weighted by Crippen LogP contribution is -2.34. The van der Waals surface area contributed by atoms with E-state index < -0.39 is 21.7 Å². The molecule has 0 spiro atoms. The molecule has 0 saturated heterocycles. The zero-order chi connectivity index (χ0) is 20.6. The number of benzene rings is 3. The van der Waals surface area contributed by atoms with Crippen molar-refractivity contribution in [2.75, 3.05) is 16.2 Å². The number of hydrogen-bond acceptors (Lipinski definition) is 3. The molecule has 0 aliphatic carbocycles. The van der Waals surface area contributed by atoms with Crippen LogP contribution in [0.25, 0.3) is 11.1 Å². The molecule has 0 aromatic heterocycles. The van der Waals surface area contributed by atoms with Gasteiger partial charge in [0.2, 0.25) is 0 Å². The number of hydrogen-bond donors (Lipinski definition) is 1. The molecule has 5 nitrogen and oxygen atoms in total. The van der Waals surface area contributed by atoms with Crippen LogP contribution in [0.3, 0.4) is 0 Å². The SMILES string of the molecule is C=CCN1c2ccc(C(=O)Nc3ccccc3F)cc2-c2ccccc2S1(=O)=O. The molecule has 0 fully saturated rings. The quantitative estimate of drug-likeness (QED) is 0.649. The third-order valence-electron chi connectivity index (χ3n) is 4.69. The highest BCUT2D eigenvalue weighted by atomic mass is 32.2. The molecular formula is C22H17FN2O3S. The van der Waals surface area contributed by atoms with Crippen LogP contribution in [0.15, 0.2) is 84.3 Å². The van der Waals surface area contributed by atoms with Crippen molar-refractivity contribution in [3.8, 4) is 11.1 Å². The zero-order valence-electron chi connectivity index (χ0n) is 15.3. The first kappa shape index (κ1) is 18.9. The van der Waals surface area contributed by atoms with Crippen molar-refractivity contribution < 1.29 is 17.6 Å². The largest absolute Gasteiger partial charge is 0.319 e. The predicted molar refractivity (Wildman–Crippen MR) is 111 cm³/mol. The van der Waals surface area contributed by atoms with Crippen molar-refractivity contribution in [1.82, 2.24) is 0 Å². The maximum Gasteiger partial charge on any atom is 0.265 e. The number of anilines is 2. The second-order valence-electron chi connectivity index (χ2n) is 6.49. The van der Waals surface area contributed by atoms with Gasteiger partial charge in [0.1, 0.15) is 5.82 Å². The molecule has 29 heavy (non-hydrogen) atoms. The average molecular weight is 408 g/mol. The normalized spacial score (nSPS) is 13.9. The molecule has 1 amide bonds. The van der Waals surface area contributed by atoms with Gasteiger partial charge in [-0.05, 0) is 36.4 Å². The van der Waals surface area contributed by atoms with Crippen molar-refractivity contribution in [1.29, 1.82) is 0 Å². The first-order chi connectivity index (χ1) is 13.9. The highest BCUT2D eigenvalue weighted by Crippen LogP contribution is 2.43.